The number of piperidine rings is 1. The second kappa shape index (κ2) is 4.87. The Labute approximate surface area is 105 Å². The number of nitrogens with zero attached hydrogens (tertiary/aromatic N) is 2. The van der Waals surface area contributed by atoms with Crippen LogP contribution in [0.5, 0.6) is 0 Å². The van der Waals surface area contributed by atoms with Crippen LogP contribution in [0.1, 0.15) is 38.5 Å². The summed E-state index contributed by atoms with van der Waals surface area (Å²) in [7, 11) is 2.38. The molecule has 0 amide bonds. The van der Waals surface area contributed by atoms with Gasteiger partial charge in [-0.25, -0.2) is 0 Å². The molecule has 17 heavy (non-hydrogen) atoms. The van der Waals surface area contributed by atoms with E-state index >= 15 is 0 Å². The van der Waals surface area contributed by atoms with Gasteiger partial charge in [-0.3, -0.25) is 0 Å². The summed E-state index contributed by atoms with van der Waals surface area (Å²) < 4.78 is 0. The maximum absolute atomic E-state index is 6.01. The van der Waals surface area contributed by atoms with Crippen molar-refractivity contribution in [1.82, 2.24) is 9.80 Å². The fourth-order valence-electron chi connectivity index (χ4n) is 4.25. The Bertz CT molecular complexity index is 260. The van der Waals surface area contributed by atoms with Crippen LogP contribution >= 0.6 is 0 Å². The van der Waals surface area contributed by atoms with E-state index in [1.54, 1.807) is 0 Å². The molecule has 1 saturated carbocycles. The second-order valence-electron chi connectivity index (χ2n) is 6.44. The molecule has 0 aromatic carbocycles. The van der Waals surface area contributed by atoms with Crippen LogP contribution in [-0.4, -0.2) is 54.6 Å². The maximum atomic E-state index is 6.01. The number of rotatable bonds is 2. The average molecular weight is 237 g/mol. The SMILES string of the molecule is CN(C1CCC(N)CC1)C1CCN2CCC1C2. The first kappa shape index (κ1) is 11.9. The lowest BCUT2D eigenvalue weighted by Crippen LogP contribution is -2.50. The highest BCUT2D eigenvalue weighted by molar-refractivity contribution is 4.94. The number of hydrogen-bond donors (Lipinski definition) is 1. The summed E-state index contributed by atoms with van der Waals surface area (Å²) in [5, 5.41) is 0. The number of hydrogen-bond acceptors (Lipinski definition) is 3. The molecule has 1 aliphatic carbocycles. The molecule has 2 aliphatic heterocycles. The van der Waals surface area contributed by atoms with Gasteiger partial charge < -0.3 is 15.5 Å². The summed E-state index contributed by atoms with van der Waals surface area (Å²) >= 11 is 0. The Morgan fingerprint density at radius 2 is 1.71 bits per heavy atom. The quantitative estimate of drug-likeness (QED) is 0.785. The van der Waals surface area contributed by atoms with E-state index in [0.29, 0.717) is 6.04 Å². The smallest absolute Gasteiger partial charge is 0.0148 e. The maximum Gasteiger partial charge on any atom is 0.0148 e. The van der Waals surface area contributed by atoms with Crippen molar-refractivity contribution in [2.75, 3.05) is 26.7 Å². The van der Waals surface area contributed by atoms with Crippen molar-refractivity contribution in [2.24, 2.45) is 11.7 Å². The Morgan fingerprint density at radius 3 is 2.47 bits per heavy atom. The Morgan fingerprint density at radius 1 is 1.00 bits per heavy atom. The van der Waals surface area contributed by atoms with Crippen LogP contribution in [0, 0.1) is 5.92 Å². The van der Waals surface area contributed by atoms with Gasteiger partial charge in [-0.05, 0) is 64.6 Å². The molecule has 3 rings (SSSR count). The molecule has 3 fully saturated rings. The van der Waals surface area contributed by atoms with Gasteiger partial charge in [0.15, 0.2) is 0 Å². The van der Waals surface area contributed by atoms with E-state index < -0.39 is 0 Å². The fraction of sp³-hybridized carbons (Fsp3) is 1.00. The van der Waals surface area contributed by atoms with E-state index in [2.05, 4.69) is 16.8 Å². The lowest BCUT2D eigenvalue weighted by molar-refractivity contribution is 0.0675. The minimum Gasteiger partial charge on any atom is -0.328 e. The fourth-order valence-corrected chi connectivity index (χ4v) is 4.25. The highest BCUT2D eigenvalue weighted by Crippen LogP contribution is 2.33. The Kier molecular flexibility index (Phi) is 3.42. The molecule has 2 bridgehead atoms. The number of fused-ring (bicyclic) bond motifs is 2. The van der Waals surface area contributed by atoms with E-state index in [-0.39, 0.29) is 0 Å². The third-order valence-electron chi connectivity index (χ3n) is 5.43. The monoisotopic (exact) mass is 237 g/mol. The first-order chi connectivity index (χ1) is 8.24. The van der Waals surface area contributed by atoms with Gasteiger partial charge in [0.25, 0.3) is 0 Å². The highest BCUT2D eigenvalue weighted by atomic mass is 15.2. The van der Waals surface area contributed by atoms with E-state index in [1.165, 1.54) is 58.2 Å². The zero-order valence-corrected chi connectivity index (χ0v) is 11.1. The molecule has 2 saturated heterocycles. The van der Waals surface area contributed by atoms with E-state index in [4.69, 9.17) is 5.73 Å². The van der Waals surface area contributed by atoms with Gasteiger partial charge >= 0.3 is 0 Å². The summed E-state index contributed by atoms with van der Waals surface area (Å²) in [5.41, 5.74) is 6.01. The minimum absolute atomic E-state index is 0.480. The van der Waals surface area contributed by atoms with Crippen molar-refractivity contribution in [3.05, 3.63) is 0 Å². The van der Waals surface area contributed by atoms with Crippen LogP contribution in [0.25, 0.3) is 0 Å². The van der Waals surface area contributed by atoms with Crippen LogP contribution in [-0.2, 0) is 0 Å². The second-order valence-corrected chi connectivity index (χ2v) is 6.44. The summed E-state index contributed by atoms with van der Waals surface area (Å²) in [4.78, 5) is 5.37. The van der Waals surface area contributed by atoms with Crippen LogP contribution in [0.4, 0.5) is 0 Å². The largest absolute Gasteiger partial charge is 0.328 e. The van der Waals surface area contributed by atoms with Crippen molar-refractivity contribution < 1.29 is 0 Å². The van der Waals surface area contributed by atoms with Gasteiger partial charge in [-0.2, -0.15) is 0 Å². The van der Waals surface area contributed by atoms with Gasteiger partial charge in [0, 0.05) is 24.7 Å². The van der Waals surface area contributed by atoms with Gasteiger partial charge in [0.05, 0.1) is 0 Å². The van der Waals surface area contributed by atoms with Crippen molar-refractivity contribution >= 4 is 0 Å². The Hall–Kier alpha value is -0.120. The first-order valence-corrected chi connectivity index (χ1v) is 7.44. The van der Waals surface area contributed by atoms with E-state index in [9.17, 15) is 0 Å². The van der Waals surface area contributed by atoms with Crippen molar-refractivity contribution in [3.8, 4) is 0 Å². The molecule has 3 atom stereocenters. The van der Waals surface area contributed by atoms with Gasteiger partial charge in [0.1, 0.15) is 0 Å². The highest BCUT2D eigenvalue weighted by Gasteiger charge is 2.38. The lowest BCUT2D eigenvalue weighted by atomic mass is 9.86. The van der Waals surface area contributed by atoms with Crippen LogP contribution in [0.2, 0.25) is 0 Å². The van der Waals surface area contributed by atoms with Crippen LogP contribution < -0.4 is 5.73 Å². The van der Waals surface area contributed by atoms with Gasteiger partial charge in [-0.15, -0.1) is 0 Å². The zero-order valence-electron chi connectivity index (χ0n) is 11.1. The summed E-state index contributed by atoms with van der Waals surface area (Å²) in [6.45, 7) is 4.05. The molecular formula is C14H27N3. The average Bonchev–Trinajstić information content (AvgIpc) is 2.72. The molecule has 3 nitrogen and oxygen atoms in total. The molecule has 0 aromatic rings. The van der Waals surface area contributed by atoms with Crippen molar-refractivity contribution in [1.29, 1.82) is 0 Å². The molecule has 3 heteroatoms. The van der Waals surface area contributed by atoms with Crippen LogP contribution in [0.15, 0.2) is 0 Å². The lowest BCUT2D eigenvalue weighted by Gasteiger charge is -2.43. The molecule has 0 spiro atoms. The predicted octanol–water partition coefficient (Wildman–Crippen LogP) is 1.28. The molecule has 3 unspecified atom stereocenters. The van der Waals surface area contributed by atoms with Gasteiger partial charge in [0.2, 0.25) is 0 Å². The topological polar surface area (TPSA) is 32.5 Å². The molecule has 0 radical (unpaired) electrons. The third-order valence-corrected chi connectivity index (χ3v) is 5.43. The van der Waals surface area contributed by atoms with Crippen LogP contribution in [0.3, 0.4) is 0 Å². The third kappa shape index (κ3) is 2.38. The summed E-state index contributed by atoms with van der Waals surface area (Å²) in [6, 6.07) is 2.15. The molecule has 98 valence electrons. The standard InChI is InChI=1S/C14H27N3/c1-16(13-4-2-12(15)3-5-13)14-7-9-17-8-6-11(14)10-17/h11-14H,2-10,15H2,1H3. The Balaban J connectivity index is 1.59. The molecule has 0 aromatic heterocycles. The minimum atomic E-state index is 0.480. The predicted molar refractivity (Wildman–Crippen MR) is 70.9 cm³/mol. The van der Waals surface area contributed by atoms with Crippen molar-refractivity contribution in [2.45, 2.75) is 56.7 Å². The molecule has 3 aliphatic rings. The number of nitrogens with two attached hydrogens (primary N) is 1. The molecule has 2 heterocycles. The van der Waals surface area contributed by atoms with Gasteiger partial charge in [-0.1, -0.05) is 0 Å². The first-order valence-electron chi connectivity index (χ1n) is 7.44. The zero-order chi connectivity index (χ0) is 11.8. The summed E-state index contributed by atoms with van der Waals surface area (Å²) in [5.74, 6) is 0.948. The van der Waals surface area contributed by atoms with E-state index in [0.717, 1.165) is 18.0 Å². The van der Waals surface area contributed by atoms with E-state index in [1.807, 2.05) is 0 Å². The summed E-state index contributed by atoms with van der Waals surface area (Å²) in [6.07, 6.45) is 7.94. The molecule has 2 N–H and O–H groups in total. The molecular weight excluding hydrogens is 210 g/mol. The normalized spacial score (nSPS) is 46.4. The van der Waals surface area contributed by atoms with Crippen molar-refractivity contribution in [3.63, 3.8) is 0 Å².